The van der Waals surface area contributed by atoms with E-state index >= 15 is 0 Å². The van der Waals surface area contributed by atoms with Crippen LogP contribution in [0.25, 0.3) is 0 Å². The average molecular weight is 1640 g/mol. The van der Waals surface area contributed by atoms with Crippen molar-refractivity contribution in [1.29, 1.82) is 0 Å². The summed E-state index contributed by atoms with van der Waals surface area (Å²) >= 11 is 0. The maximum Gasteiger partial charge on any atom is 0.180 e. The number of hydrogen-bond donors (Lipinski definition) is 6. The van der Waals surface area contributed by atoms with Crippen molar-refractivity contribution in [1.82, 2.24) is 4.90 Å². The standard InChI is InChI=1S/C13H22N2O2S.C11H18N2O2S.2C11H17NO2S.C10H15NO2S.C9H13NO2S.6C3H8/c1-11(2)18(16,17)13-7-5-12(6-8-13)14-9-10-15(3)4;1-9(2)16(14,15)11-5-3-10(4-6-11)13-8-7-12;1-9(2)15(13,14)11-7-5-10(6-8-11)12(3)4;1-4-12-10-5-7-11(8-6-10)15(13,14)9(2)3;1-8(2)14(12,13)10-6-4-9(11-3)5-7-10;1-7(2)13(11,12)9-5-3-8(10)4-6-9;6*1-3-2/h5-8,11,14H,9-10H2,1-4H3;3-6,9,13H,7-8,12H2,1-2H3;5-9H,1-4H3;5-9,12H,4H2,1-3H3;4-8,11H,1-3H3;3-7H,10H2,1-2H3;6*3H2,1-2H3. The van der Waals surface area contributed by atoms with Crippen LogP contribution < -0.4 is 37.6 Å². The van der Waals surface area contributed by atoms with Crippen molar-refractivity contribution in [3.8, 4) is 0 Å². The van der Waals surface area contributed by atoms with Crippen molar-refractivity contribution in [2.45, 2.75) is 272 Å². The van der Waals surface area contributed by atoms with Crippen LogP contribution in [-0.2, 0) is 59.0 Å². The predicted octanol–water partition coefficient (Wildman–Crippen LogP) is 19.2. The van der Waals surface area contributed by atoms with E-state index in [9.17, 15) is 50.5 Å². The van der Waals surface area contributed by atoms with Gasteiger partial charge >= 0.3 is 0 Å². The summed E-state index contributed by atoms with van der Waals surface area (Å²) in [7, 11) is -9.21. The van der Waals surface area contributed by atoms with Crippen LogP contribution in [0.5, 0.6) is 0 Å². The Hall–Kier alpha value is -6.26. The van der Waals surface area contributed by atoms with Crippen molar-refractivity contribution in [3.63, 3.8) is 0 Å². The van der Waals surface area contributed by atoms with Gasteiger partial charge < -0.3 is 42.5 Å². The molecule has 6 rings (SSSR count). The van der Waals surface area contributed by atoms with Crippen molar-refractivity contribution < 1.29 is 50.5 Å². The molecule has 0 radical (unpaired) electrons. The van der Waals surface area contributed by atoms with E-state index in [2.05, 4.69) is 109 Å². The molecule has 0 saturated carbocycles. The molecule has 6 aromatic rings. The van der Waals surface area contributed by atoms with Crippen LogP contribution in [0.15, 0.2) is 175 Å². The van der Waals surface area contributed by atoms with E-state index in [-0.39, 0.29) is 21.0 Å². The number of hydrogen-bond acceptors (Lipinski definition) is 20. The highest BCUT2D eigenvalue weighted by atomic mass is 32.2. The molecule has 0 aromatic heterocycles. The van der Waals surface area contributed by atoms with Gasteiger partial charge in [-0.25, -0.2) is 50.5 Å². The lowest BCUT2D eigenvalue weighted by Crippen LogP contribution is -2.20. The molecule has 0 heterocycles. The first-order valence-corrected chi connectivity index (χ1v) is 47.6. The summed E-state index contributed by atoms with van der Waals surface area (Å²) in [4.78, 5) is 6.26. The first-order valence-electron chi connectivity index (χ1n) is 38.3. The van der Waals surface area contributed by atoms with Crippen molar-refractivity contribution >= 4 is 93.1 Å². The number of anilines is 6. The molecule has 0 aliphatic heterocycles. The highest BCUT2D eigenvalue weighted by molar-refractivity contribution is 7.93. The molecule has 630 valence electrons. The second-order valence-corrected chi connectivity index (χ2v) is 42.1. The van der Waals surface area contributed by atoms with E-state index < -0.39 is 69.5 Å². The van der Waals surface area contributed by atoms with Gasteiger partial charge in [-0.05, 0) is 250 Å². The van der Waals surface area contributed by atoms with Gasteiger partial charge in [-0.1, -0.05) is 122 Å². The Kier molecular flexibility index (Phi) is 64.9. The first kappa shape index (κ1) is 114. The van der Waals surface area contributed by atoms with Gasteiger partial charge in [0.25, 0.3) is 0 Å². The van der Waals surface area contributed by atoms with Gasteiger partial charge in [0.2, 0.25) is 0 Å². The minimum atomic E-state index is -3.17. The van der Waals surface area contributed by atoms with E-state index in [1.54, 1.807) is 199 Å². The van der Waals surface area contributed by atoms with Gasteiger partial charge in [0.1, 0.15) is 0 Å². The summed E-state index contributed by atoms with van der Waals surface area (Å²) in [5.74, 6) is 0. The molecule has 6 aromatic carbocycles. The zero-order valence-electron chi connectivity index (χ0n) is 72.5. The molecule has 8 N–H and O–H groups in total. The van der Waals surface area contributed by atoms with E-state index in [4.69, 9.17) is 11.5 Å². The topological polar surface area (TPSA) is 311 Å². The Bertz CT molecular complexity index is 3900. The highest BCUT2D eigenvalue weighted by Crippen LogP contribution is 2.24. The molecule has 0 spiro atoms. The number of nitrogen functional groups attached to an aromatic ring is 1. The summed E-state index contributed by atoms with van der Waals surface area (Å²) in [6, 6.07) is 40.5. The lowest BCUT2D eigenvalue weighted by molar-refractivity contribution is 0.425. The van der Waals surface area contributed by atoms with Gasteiger partial charge in [-0.15, -0.1) is 0 Å². The smallest absolute Gasteiger partial charge is 0.180 e. The van der Waals surface area contributed by atoms with Crippen LogP contribution in [0, 0.1) is 0 Å². The summed E-state index contributed by atoms with van der Waals surface area (Å²) in [5.41, 5.74) is 16.1. The lowest BCUT2D eigenvalue weighted by Gasteiger charge is -2.13. The molecular weight excluding hydrogens is 1490 g/mol. The minimum absolute atomic E-state index is 0.330. The van der Waals surface area contributed by atoms with E-state index in [0.29, 0.717) is 48.1 Å². The van der Waals surface area contributed by atoms with Gasteiger partial charge in [-0.3, -0.25) is 0 Å². The van der Waals surface area contributed by atoms with Gasteiger partial charge in [-0.2, -0.15) is 0 Å². The van der Waals surface area contributed by atoms with E-state index in [1.807, 2.05) is 64.3 Å². The molecule has 0 amide bonds. The third-order valence-corrected chi connectivity index (χ3v) is 26.4. The molecule has 0 unspecified atom stereocenters. The maximum absolute atomic E-state index is 11.9. The highest BCUT2D eigenvalue weighted by Gasteiger charge is 2.23. The van der Waals surface area contributed by atoms with E-state index in [0.717, 1.165) is 48.1 Å². The van der Waals surface area contributed by atoms with Gasteiger partial charge in [0.15, 0.2) is 59.0 Å². The summed E-state index contributed by atoms with van der Waals surface area (Å²) in [6.07, 6.45) is 7.50. The zero-order valence-corrected chi connectivity index (χ0v) is 77.4. The maximum atomic E-state index is 11.9. The van der Waals surface area contributed by atoms with Crippen molar-refractivity contribution in [2.24, 2.45) is 5.73 Å². The van der Waals surface area contributed by atoms with Gasteiger partial charge in [0, 0.05) is 88.0 Å². The van der Waals surface area contributed by atoms with Crippen LogP contribution in [-0.4, -0.2) is 155 Å². The largest absolute Gasteiger partial charge is 0.399 e. The normalized spacial score (nSPS) is 10.9. The fourth-order valence-corrected chi connectivity index (χ4v) is 13.5. The van der Waals surface area contributed by atoms with Crippen LogP contribution >= 0.6 is 0 Å². The van der Waals surface area contributed by atoms with E-state index in [1.165, 1.54) is 50.7 Å². The number of rotatable bonds is 23. The Morgan fingerprint density at radius 1 is 0.303 bits per heavy atom. The van der Waals surface area contributed by atoms with Crippen LogP contribution in [0.3, 0.4) is 0 Å². The molecule has 0 atom stereocenters. The fourth-order valence-electron chi connectivity index (χ4n) is 7.17. The molecule has 109 heavy (non-hydrogen) atoms. The third-order valence-electron chi connectivity index (χ3n) is 13.4. The molecule has 0 saturated heterocycles. The zero-order chi connectivity index (χ0) is 86.1. The van der Waals surface area contributed by atoms with Gasteiger partial charge in [0.05, 0.1) is 60.9 Å². The van der Waals surface area contributed by atoms with Crippen molar-refractivity contribution in [2.75, 3.05) is 99.9 Å². The molecule has 0 fully saturated rings. The number of nitrogens with one attached hydrogen (secondary N) is 4. The molecule has 26 heteroatoms. The third kappa shape index (κ3) is 48.3. The lowest BCUT2D eigenvalue weighted by atomic mass is 10.3. The SMILES string of the molecule is CC(C)S(=O)(=O)c1ccc(N(C)C)cc1.CC(C)S(=O)(=O)c1ccc(N)cc1.CC(C)S(=O)(=O)c1ccc(NCCN(C)C)cc1.CC(C)S(=O)(=O)c1ccc(NCCN)cc1.CCC.CCC.CCC.CCC.CCC.CCC.CCNc1ccc(S(=O)(=O)C(C)C)cc1.CNc1ccc(S(=O)(=O)C(C)C)cc1. The average Bonchev–Trinajstić information content (AvgIpc) is 0.863. The fraction of sp³-hybridized carbons (Fsp3) is 0.566. The summed E-state index contributed by atoms with van der Waals surface area (Å²) in [5, 5.41) is 10.1. The summed E-state index contributed by atoms with van der Waals surface area (Å²) < 4.78 is 141. The van der Waals surface area contributed by atoms with Crippen LogP contribution in [0.1, 0.15) is 212 Å². The molecule has 0 aliphatic carbocycles. The molecule has 20 nitrogen and oxygen atoms in total. The molecule has 0 bridgehead atoms. The Labute approximate surface area is 667 Å². The number of nitrogens with two attached hydrogens (primary N) is 2. The molecular formula is C83H150N8O12S6. The minimum Gasteiger partial charge on any atom is -0.399 e. The van der Waals surface area contributed by atoms with Crippen LogP contribution in [0.4, 0.5) is 34.1 Å². The number of benzene rings is 6. The number of likely N-dealkylation sites (N-methyl/N-ethyl adjacent to an activating group) is 1. The second-order valence-electron chi connectivity index (χ2n) is 27.1. The quantitative estimate of drug-likeness (QED) is 0.0325. The monoisotopic (exact) mass is 1640 g/mol. The summed E-state index contributed by atoms with van der Waals surface area (Å²) in [6.45, 7) is 51.5. The predicted molar refractivity (Wildman–Crippen MR) is 475 cm³/mol. The van der Waals surface area contributed by atoms with Crippen LogP contribution in [0.2, 0.25) is 0 Å². The Balaban J connectivity index is -0.000000279. The first-order chi connectivity index (χ1) is 50.6. The Morgan fingerprint density at radius 3 is 0.679 bits per heavy atom. The second kappa shape index (κ2) is 62.3. The Morgan fingerprint density at radius 2 is 0.495 bits per heavy atom. The number of sulfone groups is 6. The number of nitrogens with zero attached hydrogens (tertiary/aromatic N) is 2. The molecule has 0 aliphatic rings. The van der Waals surface area contributed by atoms with Crippen molar-refractivity contribution in [3.05, 3.63) is 146 Å².